The minimum absolute atomic E-state index is 0.100. The van der Waals surface area contributed by atoms with Gasteiger partial charge in [0.25, 0.3) is 5.91 Å². The number of alkyl halides is 5. The van der Waals surface area contributed by atoms with Crippen LogP contribution in [0.2, 0.25) is 0 Å². The lowest BCUT2D eigenvalue weighted by atomic mass is 10.00. The van der Waals surface area contributed by atoms with Crippen molar-refractivity contribution in [1.29, 1.82) is 0 Å². The summed E-state index contributed by atoms with van der Waals surface area (Å²) in [4.78, 5) is 10.8. The smallest absolute Gasteiger partial charge is 0.350 e. The maximum absolute atomic E-state index is 12.5. The Kier molecular flexibility index (Phi) is 4.29. The Bertz CT molecular complexity index is 273. The van der Waals surface area contributed by atoms with Crippen molar-refractivity contribution in [3.05, 3.63) is 0 Å². The fourth-order valence-corrected chi connectivity index (χ4v) is 1.57. The van der Waals surface area contributed by atoms with Gasteiger partial charge in [0, 0.05) is 6.54 Å². The summed E-state index contributed by atoms with van der Waals surface area (Å²) < 4.78 is 60.5. The molecule has 0 spiro atoms. The van der Waals surface area contributed by atoms with Gasteiger partial charge in [0.1, 0.15) is 0 Å². The van der Waals surface area contributed by atoms with E-state index in [1.54, 1.807) is 5.32 Å². The van der Waals surface area contributed by atoms with Gasteiger partial charge in [-0.25, -0.2) is 0 Å². The van der Waals surface area contributed by atoms with Gasteiger partial charge in [-0.3, -0.25) is 4.79 Å². The highest BCUT2D eigenvalue weighted by atomic mass is 19.4. The van der Waals surface area contributed by atoms with E-state index in [9.17, 15) is 26.7 Å². The maximum Gasteiger partial charge on any atom is 0.463 e. The molecule has 1 atom stereocenters. The van der Waals surface area contributed by atoms with Gasteiger partial charge in [0.2, 0.25) is 0 Å². The molecule has 1 aliphatic heterocycles. The number of nitrogens with one attached hydrogen (secondary N) is 2. The third kappa shape index (κ3) is 3.52. The zero-order valence-electron chi connectivity index (χ0n) is 8.91. The standard InChI is InChI=1S/C9H13F5N2O/c10-8(11,9(12,13)14)7(17)16-5-6-2-1-3-15-4-6/h6,15H,1-5H2,(H,16,17). The van der Waals surface area contributed by atoms with Crippen molar-refractivity contribution < 1.29 is 26.7 Å². The fourth-order valence-electron chi connectivity index (χ4n) is 1.57. The van der Waals surface area contributed by atoms with Crippen LogP contribution in [-0.2, 0) is 4.79 Å². The van der Waals surface area contributed by atoms with Crippen molar-refractivity contribution in [2.24, 2.45) is 5.92 Å². The highest BCUT2D eigenvalue weighted by Gasteiger charge is 2.63. The first-order valence-corrected chi connectivity index (χ1v) is 5.18. The summed E-state index contributed by atoms with van der Waals surface area (Å²) in [6.07, 6.45) is -4.33. The average molecular weight is 260 g/mol. The number of amides is 1. The molecule has 0 aromatic heterocycles. The van der Waals surface area contributed by atoms with Gasteiger partial charge in [0.05, 0.1) is 0 Å². The van der Waals surface area contributed by atoms with Crippen LogP contribution in [0, 0.1) is 5.92 Å². The molecule has 100 valence electrons. The van der Waals surface area contributed by atoms with Gasteiger partial charge in [-0.1, -0.05) is 0 Å². The van der Waals surface area contributed by atoms with E-state index >= 15 is 0 Å². The lowest BCUT2D eigenvalue weighted by molar-refractivity contribution is -0.269. The van der Waals surface area contributed by atoms with E-state index in [1.165, 1.54) is 0 Å². The second kappa shape index (κ2) is 5.16. The Morgan fingerprint density at radius 2 is 1.94 bits per heavy atom. The minimum Gasteiger partial charge on any atom is -0.350 e. The molecule has 1 aliphatic rings. The molecule has 1 heterocycles. The average Bonchev–Trinajstić information content (AvgIpc) is 2.25. The molecule has 1 unspecified atom stereocenters. The van der Waals surface area contributed by atoms with Crippen LogP contribution in [0.4, 0.5) is 22.0 Å². The third-order valence-electron chi connectivity index (χ3n) is 2.59. The van der Waals surface area contributed by atoms with E-state index in [4.69, 9.17) is 0 Å². The Morgan fingerprint density at radius 3 is 2.41 bits per heavy atom. The zero-order valence-corrected chi connectivity index (χ0v) is 8.91. The van der Waals surface area contributed by atoms with Crippen molar-refractivity contribution in [3.63, 3.8) is 0 Å². The van der Waals surface area contributed by atoms with Crippen LogP contribution in [0.1, 0.15) is 12.8 Å². The molecule has 0 bridgehead atoms. The van der Waals surface area contributed by atoms with Crippen LogP contribution < -0.4 is 10.6 Å². The van der Waals surface area contributed by atoms with Crippen molar-refractivity contribution in [2.75, 3.05) is 19.6 Å². The van der Waals surface area contributed by atoms with E-state index in [2.05, 4.69) is 5.32 Å². The highest BCUT2D eigenvalue weighted by Crippen LogP contribution is 2.35. The topological polar surface area (TPSA) is 41.1 Å². The molecule has 0 aromatic rings. The third-order valence-corrected chi connectivity index (χ3v) is 2.59. The van der Waals surface area contributed by atoms with Crippen LogP contribution in [0.5, 0.6) is 0 Å². The molecular weight excluding hydrogens is 247 g/mol. The second-order valence-corrected chi connectivity index (χ2v) is 3.99. The van der Waals surface area contributed by atoms with Crippen molar-refractivity contribution >= 4 is 5.91 Å². The van der Waals surface area contributed by atoms with Gasteiger partial charge < -0.3 is 10.6 Å². The van der Waals surface area contributed by atoms with Gasteiger partial charge in [0.15, 0.2) is 0 Å². The second-order valence-electron chi connectivity index (χ2n) is 3.99. The Morgan fingerprint density at radius 1 is 1.29 bits per heavy atom. The van der Waals surface area contributed by atoms with Crippen LogP contribution >= 0.6 is 0 Å². The predicted molar refractivity (Wildman–Crippen MR) is 49.6 cm³/mol. The van der Waals surface area contributed by atoms with Crippen LogP contribution in [-0.4, -0.2) is 37.6 Å². The summed E-state index contributed by atoms with van der Waals surface area (Å²) in [5, 5.41) is 4.62. The normalized spacial score (nSPS) is 22.3. The molecular formula is C9H13F5N2O. The lowest BCUT2D eigenvalue weighted by Gasteiger charge is -2.24. The molecule has 17 heavy (non-hydrogen) atoms. The highest BCUT2D eigenvalue weighted by molar-refractivity contribution is 5.84. The number of hydrogen-bond acceptors (Lipinski definition) is 2. The van der Waals surface area contributed by atoms with Crippen LogP contribution in [0.15, 0.2) is 0 Å². The largest absolute Gasteiger partial charge is 0.463 e. The number of piperidine rings is 1. The predicted octanol–water partition coefficient (Wildman–Crippen LogP) is 1.30. The summed E-state index contributed by atoms with van der Waals surface area (Å²) in [6, 6.07) is 0. The maximum atomic E-state index is 12.5. The van der Waals surface area contributed by atoms with Gasteiger partial charge >= 0.3 is 12.1 Å². The van der Waals surface area contributed by atoms with Crippen molar-refractivity contribution in [2.45, 2.75) is 24.9 Å². The summed E-state index contributed by atoms with van der Waals surface area (Å²) in [7, 11) is 0. The summed E-state index contributed by atoms with van der Waals surface area (Å²) in [5.74, 6) is -7.71. The van der Waals surface area contributed by atoms with Crippen molar-refractivity contribution in [3.8, 4) is 0 Å². The van der Waals surface area contributed by atoms with E-state index in [0.717, 1.165) is 13.0 Å². The lowest BCUT2D eigenvalue weighted by Crippen LogP contribution is -2.52. The summed E-state index contributed by atoms with van der Waals surface area (Å²) in [6.45, 7) is 1.14. The molecule has 0 saturated carbocycles. The first-order valence-electron chi connectivity index (χ1n) is 5.18. The monoisotopic (exact) mass is 260 g/mol. The van der Waals surface area contributed by atoms with Crippen LogP contribution in [0.3, 0.4) is 0 Å². The molecule has 0 radical (unpaired) electrons. The van der Waals surface area contributed by atoms with Crippen molar-refractivity contribution in [1.82, 2.24) is 10.6 Å². The van der Waals surface area contributed by atoms with Gasteiger partial charge in [-0.05, 0) is 31.8 Å². The molecule has 1 fully saturated rings. The Hall–Kier alpha value is -0.920. The van der Waals surface area contributed by atoms with Gasteiger partial charge in [-0.15, -0.1) is 0 Å². The quantitative estimate of drug-likeness (QED) is 0.751. The number of rotatable bonds is 3. The number of hydrogen-bond donors (Lipinski definition) is 2. The first-order chi connectivity index (χ1) is 7.75. The molecule has 2 N–H and O–H groups in total. The minimum atomic E-state index is -5.85. The molecule has 0 aromatic carbocycles. The van der Waals surface area contributed by atoms with Gasteiger partial charge in [-0.2, -0.15) is 22.0 Å². The van der Waals surface area contributed by atoms with E-state index < -0.39 is 18.0 Å². The molecule has 0 aliphatic carbocycles. The Balaban J connectivity index is 2.43. The molecule has 1 amide bonds. The zero-order chi connectivity index (χ0) is 13.1. The first kappa shape index (κ1) is 14.1. The number of carbonyl (C=O) groups excluding carboxylic acids is 1. The number of carbonyl (C=O) groups is 1. The van der Waals surface area contributed by atoms with E-state index in [0.29, 0.717) is 13.0 Å². The van der Waals surface area contributed by atoms with Crippen LogP contribution in [0.25, 0.3) is 0 Å². The summed E-state index contributed by atoms with van der Waals surface area (Å²) >= 11 is 0. The molecule has 1 rings (SSSR count). The SMILES string of the molecule is O=C(NCC1CCCNC1)C(F)(F)C(F)(F)F. The molecule has 1 saturated heterocycles. The fraction of sp³-hybridized carbons (Fsp3) is 0.889. The molecule has 3 nitrogen and oxygen atoms in total. The molecule has 8 heteroatoms. The van der Waals surface area contributed by atoms with E-state index in [-0.39, 0.29) is 12.5 Å². The Labute approximate surface area is 94.7 Å². The van der Waals surface area contributed by atoms with E-state index in [1.807, 2.05) is 0 Å². The summed E-state index contributed by atoms with van der Waals surface area (Å²) in [5.41, 5.74) is 0. The number of halogens is 5.